The number of nitrogens with one attached hydrogen (secondary N) is 1. The van der Waals surface area contributed by atoms with Crippen molar-refractivity contribution >= 4 is 50.6 Å². The van der Waals surface area contributed by atoms with Crippen molar-refractivity contribution in [3.63, 3.8) is 0 Å². The molecule has 6 heteroatoms. The zero-order chi connectivity index (χ0) is 12.9. The Kier molecular flexibility index (Phi) is 2.73. The number of aromatic amines is 1. The van der Waals surface area contributed by atoms with Crippen molar-refractivity contribution in [3.05, 3.63) is 33.1 Å². The van der Waals surface area contributed by atoms with Crippen LogP contribution < -0.4 is 5.73 Å². The van der Waals surface area contributed by atoms with Crippen molar-refractivity contribution in [1.82, 2.24) is 9.97 Å². The number of rotatable bonds is 1. The van der Waals surface area contributed by atoms with Crippen molar-refractivity contribution < 1.29 is 0 Å². The Hall–Kier alpha value is -1.23. The van der Waals surface area contributed by atoms with Crippen LogP contribution in [0.25, 0.3) is 22.4 Å². The molecule has 0 saturated heterocycles. The number of benzene rings is 1. The van der Waals surface area contributed by atoms with Gasteiger partial charge in [0, 0.05) is 4.88 Å². The Balaban J connectivity index is 2.22. The normalized spacial score (nSPS) is 11.3. The Morgan fingerprint density at radius 1 is 1.22 bits per heavy atom. The minimum absolute atomic E-state index is 0.497. The highest BCUT2D eigenvalue weighted by Crippen LogP contribution is 2.34. The van der Waals surface area contributed by atoms with Gasteiger partial charge in [-0.05, 0) is 25.1 Å². The molecule has 0 unspecified atom stereocenters. The second-order valence-corrected chi connectivity index (χ2v) is 6.11. The molecule has 0 spiro atoms. The monoisotopic (exact) mass is 297 g/mol. The van der Waals surface area contributed by atoms with Crippen molar-refractivity contribution in [3.8, 4) is 11.4 Å². The maximum atomic E-state index is 5.98. The molecule has 0 amide bonds. The molecule has 0 bridgehead atoms. The summed E-state index contributed by atoms with van der Waals surface area (Å²) in [5.41, 5.74) is 8.51. The van der Waals surface area contributed by atoms with E-state index in [0.29, 0.717) is 10.0 Å². The van der Waals surface area contributed by atoms with E-state index < -0.39 is 0 Å². The predicted octanol–water partition coefficient (Wildman–Crippen LogP) is 4.49. The highest BCUT2D eigenvalue weighted by molar-refractivity contribution is 7.16. The fourth-order valence-corrected chi connectivity index (χ4v) is 2.96. The molecular weight excluding hydrogens is 289 g/mol. The summed E-state index contributed by atoms with van der Waals surface area (Å²) in [7, 11) is 0. The zero-order valence-corrected chi connectivity index (χ0v) is 11.7. The lowest BCUT2D eigenvalue weighted by Gasteiger charge is -1.93. The molecule has 0 fully saturated rings. The Bertz CT molecular complexity index is 706. The molecule has 3 nitrogen and oxygen atoms in total. The SMILES string of the molecule is Cc1cc(-c2nc3cc(Cl)c(Cl)cc3[nH]2)c(N)s1. The number of fused-ring (bicyclic) bond motifs is 1. The number of nitrogen functional groups attached to an aromatic ring is 1. The van der Waals surface area contributed by atoms with E-state index >= 15 is 0 Å². The van der Waals surface area contributed by atoms with Crippen LogP contribution >= 0.6 is 34.5 Å². The quantitative estimate of drug-likeness (QED) is 0.695. The van der Waals surface area contributed by atoms with Crippen LogP contribution in [-0.4, -0.2) is 9.97 Å². The van der Waals surface area contributed by atoms with Crippen LogP contribution in [-0.2, 0) is 0 Å². The molecule has 92 valence electrons. The van der Waals surface area contributed by atoms with Crippen molar-refractivity contribution in [1.29, 1.82) is 0 Å². The van der Waals surface area contributed by atoms with Crippen LogP contribution in [0.2, 0.25) is 10.0 Å². The van der Waals surface area contributed by atoms with Gasteiger partial charge in [-0.15, -0.1) is 11.3 Å². The molecule has 0 saturated carbocycles. The number of halogens is 2. The first-order valence-corrected chi connectivity index (χ1v) is 6.83. The third kappa shape index (κ3) is 1.86. The fourth-order valence-electron chi connectivity index (χ4n) is 1.85. The molecule has 18 heavy (non-hydrogen) atoms. The van der Waals surface area contributed by atoms with Gasteiger partial charge in [-0.3, -0.25) is 0 Å². The molecule has 0 aliphatic carbocycles. The highest BCUT2D eigenvalue weighted by Gasteiger charge is 2.12. The summed E-state index contributed by atoms with van der Waals surface area (Å²) >= 11 is 13.5. The first-order valence-electron chi connectivity index (χ1n) is 5.25. The van der Waals surface area contributed by atoms with E-state index in [1.807, 2.05) is 13.0 Å². The van der Waals surface area contributed by atoms with E-state index in [1.54, 1.807) is 23.5 Å². The van der Waals surface area contributed by atoms with E-state index in [2.05, 4.69) is 9.97 Å². The average Bonchev–Trinajstić information content (AvgIpc) is 2.82. The lowest BCUT2D eigenvalue weighted by atomic mass is 10.3. The first-order chi connectivity index (χ1) is 8.54. The number of H-pyrrole nitrogens is 1. The van der Waals surface area contributed by atoms with Gasteiger partial charge in [0.1, 0.15) is 5.82 Å². The van der Waals surface area contributed by atoms with E-state index in [4.69, 9.17) is 28.9 Å². The van der Waals surface area contributed by atoms with Gasteiger partial charge in [-0.1, -0.05) is 23.2 Å². The number of imidazole rings is 1. The summed E-state index contributed by atoms with van der Waals surface area (Å²) in [4.78, 5) is 8.85. The van der Waals surface area contributed by atoms with Crippen molar-refractivity contribution in [2.45, 2.75) is 6.92 Å². The first kappa shape index (κ1) is 11.8. The topological polar surface area (TPSA) is 54.7 Å². The van der Waals surface area contributed by atoms with Crippen molar-refractivity contribution in [2.75, 3.05) is 5.73 Å². The Labute approximate surface area is 118 Å². The van der Waals surface area contributed by atoms with Gasteiger partial charge in [-0.25, -0.2) is 4.98 Å². The minimum Gasteiger partial charge on any atom is -0.390 e. The predicted molar refractivity (Wildman–Crippen MR) is 78.6 cm³/mol. The van der Waals surface area contributed by atoms with E-state index in [0.717, 1.165) is 32.3 Å². The second-order valence-electron chi connectivity index (χ2n) is 4.00. The molecule has 3 rings (SSSR count). The molecule has 0 aliphatic rings. The summed E-state index contributed by atoms with van der Waals surface area (Å²) in [5.74, 6) is 0.741. The average molecular weight is 298 g/mol. The molecule has 0 atom stereocenters. The van der Waals surface area contributed by atoms with Gasteiger partial charge in [0.05, 0.1) is 31.6 Å². The molecule has 2 heterocycles. The molecule has 2 aromatic heterocycles. The maximum absolute atomic E-state index is 5.98. The summed E-state index contributed by atoms with van der Waals surface area (Å²) < 4.78 is 0. The van der Waals surface area contributed by atoms with Crippen molar-refractivity contribution in [2.24, 2.45) is 0 Å². The number of nitrogens with zero attached hydrogens (tertiary/aromatic N) is 1. The van der Waals surface area contributed by atoms with Crippen LogP contribution in [0.5, 0.6) is 0 Å². The van der Waals surface area contributed by atoms with Gasteiger partial charge in [0.2, 0.25) is 0 Å². The molecule has 3 N–H and O–H groups in total. The smallest absolute Gasteiger partial charge is 0.141 e. The lowest BCUT2D eigenvalue weighted by molar-refractivity contribution is 1.34. The van der Waals surface area contributed by atoms with Gasteiger partial charge < -0.3 is 10.7 Å². The number of hydrogen-bond donors (Lipinski definition) is 2. The third-order valence-electron chi connectivity index (χ3n) is 2.66. The van der Waals surface area contributed by atoms with E-state index in [9.17, 15) is 0 Å². The number of anilines is 1. The Morgan fingerprint density at radius 2 is 1.94 bits per heavy atom. The standard InChI is InChI=1S/C12H9Cl2N3S/c1-5-2-6(11(15)18-5)12-16-9-3-7(13)8(14)4-10(9)17-12/h2-4H,15H2,1H3,(H,16,17). The fraction of sp³-hybridized carbons (Fsp3) is 0.0833. The number of aromatic nitrogens is 2. The van der Waals surface area contributed by atoms with Crippen LogP contribution in [0, 0.1) is 6.92 Å². The second kappa shape index (κ2) is 4.16. The summed E-state index contributed by atoms with van der Waals surface area (Å²) in [6.45, 7) is 2.01. The number of nitrogens with two attached hydrogens (primary N) is 1. The lowest BCUT2D eigenvalue weighted by Crippen LogP contribution is -1.84. The van der Waals surface area contributed by atoms with E-state index in [-0.39, 0.29) is 0 Å². The summed E-state index contributed by atoms with van der Waals surface area (Å²) in [6.07, 6.45) is 0. The number of thiophene rings is 1. The van der Waals surface area contributed by atoms with Crippen LogP contribution in [0.4, 0.5) is 5.00 Å². The number of aryl methyl sites for hydroxylation is 1. The van der Waals surface area contributed by atoms with Gasteiger partial charge in [0.15, 0.2) is 0 Å². The van der Waals surface area contributed by atoms with Crippen LogP contribution in [0.1, 0.15) is 4.88 Å². The molecule has 1 aromatic carbocycles. The minimum atomic E-state index is 0.497. The highest BCUT2D eigenvalue weighted by atomic mass is 35.5. The Morgan fingerprint density at radius 3 is 2.61 bits per heavy atom. The van der Waals surface area contributed by atoms with Gasteiger partial charge >= 0.3 is 0 Å². The molecule has 3 aromatic rings. The molecule has 0 aliphatic heterocycles. The maximum Gasteiger partial charge on any atom is 0.141 e. The summed E-state index contributed by atoms with van der Waals surface area (Å²) in [6, 6.07) is 5.53. The van der Waals surface area contributed by atoms with Crippen LogP contribution in [0.15, 0.2) is 18.2 Å². The molecule has 0 radical (unpaired) electrons. The zero-order valence-electron chi connectivity index (χ0n) is 9.42. The number of hydrogen-bond acceptors (Lipinski definition) is 3. The largest absolute Gasteiger partial charge is 0.390 e. The van der Waals surface area contributed by atoms with Crippen LogP contribution in [0.3, 0.4) is 0 Å². The third-order valence-corrected chi connectivity index (χ3v) is 4.26. The van der Waals surface area contributed by atoms with E-state index in [1.165, 1.54) is 0 Å². The molecular formula is C12H9Cl2N3S. The van der Waals surface area contributed by atoms with Gasteiger partial charge in [-0.2, -0.15) is 0 Å². The van der Waals surface area contributed by atoms with Gasteiger partial charge in [0.25, 0.3) is 0 Å². The summed E-state index contributed by atoms with van der Waals surface area (Å²) in [5, 5.41) is 1.76.